The van der Waals surface area contributed by atoms with Gasteiger partial charge in [0.25, 0.3) is 0 Å². The highest BCUT2D eigenvalue weighted by Gasteiger charge is 2.14. The molecule has 5 heteroatoms. The lowest BCUT2D eigenvalue weighted by Crippen LogP contribution is -2.33. The first kappa shape index (κ1) is 13.4. The Balaban J connectivity index is 2.47. The van der Waals surface area contributed by atoms with Crippen molar-refractivity contribution < 1.29 is 9.59 Å². The minimum absolute atomic E-state index is 0.820. The Kier molecular flexibility index (Phi) is 5.39. The molecule has 0 aromatic rings. The highest BCUT2D eigenvalue weighted by Crippen LogP contribution is 2.20. The van der Waals surface area contributed by atoms with Gasteiger partial charge in [-0.05, 0) is 31.3 Å². The van der Waals surface area contributed by atoms with Gasteiger partial charge >= 0.3 is 11.8 Å². The van der Waals surface area contributed by atoms with Crippen LogP contribution in [-0.2, 0) is 9.59 Å². The van der Waals surface area contributed by atoms with Crippen LogP contribution in [0.2, 0.25) is 0 Å². The van der Waals surface area contributed by atoms with Crippen molar-refractivity contribution in [2.75, 3.05) is 0 Å². The van der Waals surface area contributed by atoms with Crippen LogP contribution in [0.4, 0.5) is 0 Å². The van der Waals surface area contributed by atoms with Crippen LogP contribution in [0.5, 0.6) is 0 Å². The zero-order valence-corrected chi connectivity index (χ0v) is 10.2. The predicted octanol–water partition coefficient (Wildman–Crippen LogP) is 1.24. The number of hydrogen-bond acceptors (Lipinski definition) is 3. The van der Waals surface area contributed by atoms with E-state index in [-0.39, 0.29) is 0 Å². The molecule has 0 aromatic heterocycles. The maximum atomic E-state index is 11.0. The van der Waals surface area contributed by atoms with Gasteiger partial charge in [0.05, 0.1) is 5.71 Å². The molecule has 0 bridgehead atoms. The monoisotopic (exact) mass is 237 g/mol. The fourth-order valence-electron chi connectivity index (χ4n) is 1.77. The number of allylic oxidation sites excluding steroid dienone is 2. The summed E-state index contributed by atoms with van der Waals surface area (Å²) in [4.78, 5) is 21.5. The van der Waals surface area contributed by atoms with Crippen LogP contribution in [0.15, 0.2) is 16.8 Å². The predicted molar refractivity (Wildman–Crippen MR) is 66.2 cm³/mol. The van der Waals surface area contributed by atoms with E-state index >= 15 is 0 Å². The Labute approximate surface area is 101 Å². The lowest BCUT2D eigenvalue weighted by atomic mass is 10.1. The summed E-state index contributed by atoms with van der Waals surface area (Å²) >= 11 is 0. The van der Waals surface area contributed by atoms with Gasteiger partial charge in [-0.3, -0.25) is 9.59 Å². The number of unbranched alkanes of at least 4 members (excludes halogenated alkanes) is 2. The zero-order chi connectivity index (χ0) is 12.7. The molecule has 3 N–H and O–H groups in total. The summed E-state index contributed by atoms with van der Waals surface area (Å²) in [5.74, 6) is -1.87. The maximum Gasteiger partial charge on any atom is 0.329 e. The zero-order valence-electron chi connectivity index (χ0n) is 10.2. The molecule has 0 fully saturated rings. The molecule has 0 atom stereocenters. The third-order valence-electron chi connectivity index (χ3n) is 2.71. The molecule has 94 valence electrons. The third kappa shape index (κ3) is 4.38. The van der Waals surface area contributed by atoms with Crippen LogP contribution in [0, 0.1) is 0 Å². The molecule has 0 aliphatic heterocycles. The summed E-state index contributed by atoms with van der Waals surface area (Å²) in [6.07, 6.45) is 8.40. The molecule has 5 nitrogen and oxygen atoms in total. The van der Waals surface area contributed by atoms with Crippen molar-refractivity contribution in [1.82, 2.24) is 5.43 Å². The van der Waals surface area contributed by atoms with Gasteiger partial charge in [-0.25, -0.2) is 5.43 Å². The summed E-state index contributed by atoms with van der Waals surface area (Å²) in [6, 6.07) is 0. The SMILES string of the molecule is CCCCCC1=CCC/C1=N\NC(=O)C(N)=O. The molecule has 0 radical (unpaired) electrons. The van der Waals surface area contributed by atoms with Crippen molar-refractivity contribution in [2.24, 2.45) is 10.8 Å². The highest BCUT2D eigenvalue weighted by atomic mass is 16.2. The van der Waals surface area contributed by atoms with Gasteiger partial charge in [0.1, 0.15) is 0 Å². The average Bonchev–Trinajstić information content (AvgIpc) is 2.74. The molecule has 0 saturated heterocycles. The first-order valence-corrected chi connectivity index (χ1v) is 6.01. The minimum Gasteiger partial charge on any atom is -0.361 e. The summed E-state index contributed by atoms with van der Waals surface area (Å²) < 4.78 is 0. The lowest BCUT2D eigenvalue weighted by molar-refractivity contribution is -0.137. The maximum absolute atomic E-state index is 11.0. The fourth-order valence-corrected chi connectivity index (χ4v) is 1.77. The van der Waals surface area contributed by atoms with Crippen LogP contribution in [-0.4, -0.2) is 17.5 Å². The molecule has 0 heterocycles. The van der Waals surface area contributed by atoms with E-state index in [0.29, 0.717) is 0 Å². The lowest BCUT2D eigenvalue weighted by Gasteiger charge is -2.04. The molecular weight excluding hydrogens is 218 g/mol. The molecule has 1 aliphatic carbocycles. The van der Waals surface area contributed by atoms with Gasteiger partial charge in [-0.1, -0.05) is 25.8 Å². The minimum atomic E-state index is -1.01. The topological polar surface area (TPSA) is 84.6 Å². The van der Waals surface area contributed by atoms with E-state index in [4.69, 9.17) is 5.73 Å². The molecular formula is C12H19N3O2. The fraction of sp³-hybridized carbons (Fsp3) is 0.583. The van der Waals surface area contributed by atoms with E-state index in [1.165, 1.54) is 18.4 Å². The molecule has 2 amide bonds. The van der Waals surface area contributed by atoms with Crippen molar-refractivity contribution in [3.05, 3.63) is 11.6 Å². The normalized spacial score (nSPS) is 17.0. The van der Waals surface area contributed by atoms with Crippen molar-refractivity contribution in [3.63, 3.8) is 0 Å². The molecule has 1 aliphatic rings. The number of nitrogens with two attached hydrogens (primary N) is 1. The van der Waals surface area contributed by atoms with E-state index in [1.807, 2.05) is 0 Å². The molecule has 0 aromatic carbocycles. The first-order chi connectivity index (χ1) is 8.15. The number of carbonyl (C=O) groups excluding carboxylic acids is 2. The Morgan fingerprint density at radius 3 is 2.88 bits per heavy atom. The Hall–Kier alpha value is -1.65. The molecule has 0 unspecified atom stereocenters. The number of nitrogens with one attached hydrogen (secondary N) is 1. The van der Waals surface area contributed by atoms with Crippen LogP contribution in [0.25, 0.3) is 0 Å². The second-order valence-corrected chi connectivity index (χ2v) is 4.09. The Morgan fingerprint density at radius 1 is 1.47 bits per heavy atom. The van der Waals surface area contributed by atoms with Crippen molar-refractivity contribution in [1.29, 1.82) is 0 Å². The van der Waals surface area contributed by atoms with Gasteiger partial charge in [0, 0.05) is 0 Å². The second kappa shape index (κ2) is 6.83. The van der Waals surface area contributed by atoms with E-state index < -0.39 is 11.8 Å². The molecule has 0 saturated carbocycles. The first-order valence-electron chi connectivity index (χ1n) is 6.01. The summed E-state index contributed by atoms with van der Waals surface area (Å²) in [7, 11) is 0. The van der Waals surface area contributed by atoms with Crippen LogP contribution >= 0.6 is 0 Å². The third-order valence-corrected chi connectivity index (χ3v) is 2.71. The van der Waals surface area contributed by atoms with Gasteiger partial charge in [-0.15, -0.1) is 0 Å². The van der Waals surface area contributed by atoms with Gasteiger partial charge in [-0.2, -0.15) is 5.10 Å². The van der Waals surface area contributed by atoms with Crippen molar-refractivity contribution in [3.8, 4) is 0 Å². The molecule has 17 heavy (non-hydrogen) atoms. The van der Waals surface area contributed by atoms with Gasteiger partial charge < -0.3 is 5.73 Å². The molecule has 1 rings (SSSR count). The number of carbonyl (C=O) groups is 2. The van der Waals surface area contributed by atoms with E-state index in [0.717, 1.165) is 31.4 Å². The number of nitrogens with zero attached hydrogens (tertiary/aromatic N) is 1. The largest absolute Gasteiger partial charge is 0.361 e. The standard InChI is InChI=1S/C12H19N3O2/c1-2-3-4-6-9-7-5-8-10(9)14-15-12(17)11(13)16/h7H,2-6,8H2,1H3,(H2,13,16)(H,15,17)/b14-10+. The smallest absolute Gasteiger partial charge is 0.329 e. The second-order valence-electron chi connectivity index (χ2n) is 4.09. The number of rotatable bonds is 5. The van der Waals surface area contributed by atoms with Gasteiger partial charge in [0.15, 0.2) is 0 Å². The summed E-state index contributed by atoms with van der Waals surface area (Å²) in [5, 5.41) is 3.95. The van der Waals surface area contributed by atoms with Gasteiger partial charge in [0.2, 0.25) is 0 Å². The van der Waals surface area contributed by atoms with E-state index in [9.17, 15) is 9.59 Å². The van der Waals surface area contributed by atoms with Crippen LogP contribution < -0.4 is 11.2 Å². The molecule has 0 spiro atoms. The number of hydrazone groups is 1. The number of amides is 2. The van der Waals surface area contributed by atoms with E-state index in [1.54, 1.807) is 0 Å². The average molecular weight is 237 g/mol. The van der Waals surface area contributed by atoms with Crippen LogP contribution in [0.1, 0.15) is 45.4 Å². The summed E-state index contributed by atoms with van der Waals surface area (Å²) in [5.41, 5.74) is 9.05. The highest BCUT2D eigenvalue weighted by molar-refractivity contribution is 6.34. The number of primary amides is 1. The Bertz CT molecular complexity index is 359. The van der Waals surface area contributed by atoms with Crippen LogP contribution in [0.3, 0.4) is 0 Å². The van der Waals surface area contributed by atoms with Crippen molar-refractivity contribution in [2.45, 2.75) is 45.4 Å². The number of hydrogen-bond donors (Lipinski definition) is 2. The Morgan fingerprint density at radius 2 is 2.24 bits per heavy atom. The quantitative estimate of drug-likeness (QED) is 0.428. The summed E-state index contributed by atoms with van der Waals surface area (Å²) in [6.45, 7) is 2.16. The van der Waals surface area contributed by atoms with Crippen molar-refractivity contribution >= 4 is 17.5 Å². The van der Waals surface area contributed by atoms with E-state index in [2.05, 4.69) is 23.5 Å².